The fourth-order valence-electron chi connectivity index (χ4n) is 5.66. The monoisotopic (exact) mass is 769 g/mol. The largest absolute Gasteiger partial charge is 0.465 e. The van der Waals surface area contributed by atoms with Crippen LogP contribution in [-0.4, -0.2) is 78.6 Å². The van der Waals surface area contributed by atoms with Crippen molar-refractivity contribution < 1.29 is 42.9 Å². The van der Waals surface area contributed by atoms with Crippen molar-refractivity contribution in [2.75, 3.05) is 42.8 Å². The number of methoxy groups -OCH3 is 1. The minimum atomic E-state index is -0.942. The first-order valence-electron chi connectivity index (χ1n) is 18.1. The summed E-state index contributed by atoms with van der Waals surface area (Å²) < 4.78 is 21.5. The Morgan fingerprint density at radius 1 is 0.839 bits per heavy atom. The molecule has 0 saturated heterocycles. The van der Waals surface area contributed by atoms with Crippen molar-refractivity contribution in [2.24, 2.45) is 0 Å². The number of carbonyl (C=O) groups excluding carboxylic acids is 5. The number of anilines is 3. The van der Waals surface area contributed by atoms with Crippen LogP contribution in [-0.2, 0) is 30.3 Å². The summed E-state index contributed by atoms with van der Waals surface area (Å²) in [5.41, 5.74) is 2.04. The van der Waals surface area contributed by atoms with Gasteiger partial charge in [-0.2, -0.15) is 4.90 Å². The van der Waals surface area contributed by atoms with Crippen molar-refractivity contribution in [3.05, 3.63) is 95.2 Å². The first-order chi connectivity index (χ1) is 26.3. The number of benzene rings is 3. The van der Waals surface area contributed by atoms with Crippen molar-refractivity contribution in [2.45, 2.75) is 79.1 Å². The van der Waals surface area contributed by atoms with Gasteiger partial charge in [-0.25, -0.2) is 24.2 Å². The lowest BCUT2D eigenvalue weighted by molar-refractivity contribution is -0.128. The molecule has 0 radical (unpaired) electrons. The minimum Gasteiger partial charge on any atom is -0.465 e. The molecule has 14 nitrogen and oxygen atoms in total. The average molecular weight is 770 g/mol. The highest BCUT2D eigenvalue weighted by atomic mass is 16.6. The fraction of sp³-hybridized carbons (Fsp3) is 0.381. The molecule has 298 valence electrons. The van der Waals surface area contributed by atoms with E-state index in [0.717, 1.165) is 16.0 Å². The first kappa shape index (κ1) is 42.6. The molecular formula is C42H51N5O9. The number of imide groups is 1. The lowest BCUT2D eigenvalue weighted by Crippen LogP contribution is -2.44. The van der Waals surface area contributed by atoms with Crippen LogP contribution < -0.4 is 15.5 Å². The number of aromatic nitrogens is 1. The van der Waals surface area contributed by atoms with Crippen LogP contribution in [0.5, 0.6) is 0 Å². The van der Waals surface area contributed by atoms with Gasteiger partial charge in [0.05, 0.1) is 25.8 Å². The summed E-state index contributed by atoms with van der Waals surface area (Å²) in [6, 6.07) is 19.4. The highest BCUT2D eigenvalue weighted by molar-refractivity contribution is 6.14. The third kappa shape index (κ3) is 11.7. The zero-order valence-electron chi connectivity index (χ0n) is 33.6. The maximum atomic E-state index is 13.3. The van der Waals surface area contributed by atoms with Crippen molar-refractivity contribution in [3.63, 3.8) is 0 Å². The van der Waals surface area contributed by atoms with Gasteiger partial charge >= 0.3 is 24.2 Å². The third-order valence-corrected chi connectivity index (χ3v) is 8.33. The predicted molar refractivity (Wildman–Crippen MR) is 214 cm³/mol. The Kier molecular flexibility index (Phi) is 13.7. The van der Waals surface area contributed by atoms with E-state index >= 15 is 0 Å². The molecular weight excluding hydrogens is 718 g/mol. The van der Waals surface area contributed by atoms with Gasteiger partial charge in [0.25, 0.3) is 0 Å². The van der Waals surface area contributed by atoms with Gasteiger partial charge in [0, 0.05) is 42.5 Å². The average Bonchev–Trinajstić information content (AvgIpc) is 3.11. The summed E-state index contributed by atoms with van der Waals surface area (Å²) in [5.74, 6) is -0.894. The van der Waals surface area contributed by atoms with Gasteiger partial charge in [-0.15, -0.1) is 0 Å². The molecule has 4 rings (SSSR count). The molecule has 1 atom stereocenters. The molecule has 1 aromatic heterocycles. The van der Waals surface area contributed by atoms with Crippen molar-refractivity contribution in [1.29, 1.82) is 0 Å². The summed E-state index contributed by atoms with van der Waals surface area (Å²) in [6.07, 6.45) is -1.09. The van der Waals surface area contributed by atoms with Crippen LogP contribution in [0.4, 0.5) is 31.6 Å². The molecule has 0 unspecified atom stereocenters. The molecule has 0 fully saturated rings. The summed E-state index contributed by atoms with van der Waals surface area (Å²) in [4.78, 5) is 71.8. The number of pyridine rings is 1. The van der Waals surface area contributed by atoms with E-state index in [-0.39, 0.29) is 42.9 Å². The van der Waals surface area contributed by atoms with E-state index < -0.39 is 35.5 Å². The van der Waals surface area contributed by atoms with E-state index in [1.165, 1.54) is 24.3 Å². The molecule has 0 aliphatic rings. The number of rotatable bonds is 11. The number of carbonyl (C=O) groups is 5. The number of nitrogens with one attached hydrogen (secondary N) is 2. The molecule has 56 heavy (non-hydrogen) atoms. The van der Waals surface area contributed by atoms with Gasteiger partial charge in [-0.1, -0.05) is 31.2 Å². The number of aryl methyl sites for hydroxylation is 1. The van der Waals surface area contributed by atoms with E-state index in [9.17, 15) is 24.0 Å². The van der Waals surface area contributed by atoms with Crippen molar-refractivity contribution in [3.8, 4) is 0 Å². The number of fused-ring (bicyclic) bond motifs is 1. The predicted octanol–water partition coefficient (Wildman–Crippen LogP) is 8.43. The Morgan fingerprint density at radius 3 is 2.11 bits per heavy atom. The van der Waals surface area contributed by atoms with E-state index in [4.69, 9.17) is 18.9 Å². The molecule has 2 N–H and O–H groups in total. The summed E-state index contributed by atoms with van der Waals surface area (Å²) in [5, 5.41) is 6.90. The normalized spacial score (nSPS) is 11.9. The van der Waals surface area contributed by atoms with E-state index in [1.807, 2.05) is 38.1 Å². The van der Waals surface area contributed by atoms with Crippen LogP contribution in [0.3, 0.4) is 0 Å². The van der Waals surface area contributed by atoms with Gasteiger partial charge < -0.3 is 29.2 Å². The lowest BCUT2D eigenvalue weighted by atomic mass is 9.97. The zero-order valence-corrected chi connectivity index (χ0v) is 33.6. The van der Waals surface area contributed by atoms with Crippen molar-refractivity contribution >= 4 is 58.1 Å². The van der Waals surface area contributed by atoms with Crippen LogP contribution in [0.25, 0.3) is 10.8 Å². The van der Waals surface area contributed by atoms with E-state index in [1.54, 1.807) is 85.0 Å². The Labute approximate surface area is 327 Å². The van der Waals surface area contributed by atoms with Crippen LogP contribution >= 0.6 is 0 Å². The van der Waals surface area contributed by atoms with E-state index in [0.29, 0.717) is 27.7 Å². The molecule has 0 aliphatic carbocycles. The standard InChI is InChI=1S/C42H51N5O9/c1-26-13-11-12-14-32(26)27(2)25-54-38(50)45-31-16-18-34(37(49)53-10)29(22-31)24-46(9)35(48)23-44-30-15-17-33-28(21-30)19-20-43-36(33)47(39(51)55-41(3,4)5)40(52)56-42(6,7)8/h11-22,27,44H,23-25H2,1-10H3,(H,45,50)/t27-/m0/s1. The van der Waals surface area contributed by atoms with Crippen LogP contribution in [0.1, 0.15) is 81.4 Å². The lowest BCUT2D eigenvalue weighted by Gasteiger charge is -2.28. The van der Waals surface area contributed by atoms with Gasteiger partial charge in [0.2, 0.25) is 5.91 Å². The van der Waals surface area contributed by atoms with Crippen LogP contribution in [0, 0.1) is 6.92 Å². The SMILES string of the molecule is COC(=O)c1ccc(NC(=O)OC[C@H](C)c2ccccc2C)cc1CN(C)C(=O)CNc1ccc2c(N(C(=O)OC(C)(C)C)C(=O)OC(C)(C)C)nccc2c1. The van der Waals surface area contributed by atoms with Crippen LogP contribution in [0.2, 0.25) is 0 Å². The van der Waals surface area contributed by atoms with Crippen molar-refractivity contribution in [1.82, 2.24) is 9.88 Å². The number of likely N-dealkylation sites (N-methyl/N-ethyl adjacent to an activating group) is 1. The Bertz CT molecular complexity index is 2060. The summed E-state index contributed by atoms with van der Waals surface area (Å²) in [6.45, 7) is 14.2. The second-order valence-corrected chi connectivity index (χ2v) is 15.3. The van der Waals surface area contributed by atoms with Crippen LogP contribution in [0.15, 0.2) is 72.9 Å². The number of amides is 4. The highest BCUT2D eigenvalue weighted by Gasteiger charge is 2.34. The Hall–Kier alpha value is -6.18. The van der Waals surface area contributed by atoms with E-state index in [2.05, 4.69) is 15.6 Å². The second kappa shape index (κ2) is 18.0. The number of hydrogen-bond acceptors (Lipinski definition) is 11. The van der Waals surface area contributed by atoms with Gasteiger partial charge in [-0.05, 0) is 113 Å². The molecule has 4 aromatic rings. The molecule has 0 bridgehead atoms. The Balaban J connectivity index is 1.46. The third-order valence-electron chi connectivity index (χ3n) is 8.33. The molecule has 0 saturated carbocycles. The topological polar surface area (TPSA) is 166 Å². The molecule has 0 spiro atoms. The smallest absolute Gasteiger partial charge is 0.425 e. The summed E-state index contributed by atoms with van der Waals surface area (Å²) >= 11 is 0. The number of ether oxygens (including phenoxy) is 4. The van der Waals surface area contributed by atoms with Gasteiger partial charge in [0.15, 0.2) is 5.82 Å². The zero-order chi connectivity index (χ0) is 41.4. The molecule has 0 aliphatic heterocycles. The second-order valence-electron chi connectivity index (χ2n) is 15.3. The highest BCUT2D eigenvalue weighted by Crippen LogP contribution is 2.30. The Morgan fingerprint density at radius 2 is 1.48 bits per heavy atom. The number of esters is 1. The first-order valence-corrected chi connectivity index (χ1v) is 18.1. The number of hydrogen-bond donors (Lipinski definition) is 2. The molecule has 14 heteroatoms. The maximum absolute atomic E-state index is 13.3. The molecule has 1 heterocycles. The fourth-order valence-corrected chi connectivity index (χ4v) is 5.66. The number of nitrogens with zero attached hydrogens (tertiary/aromatic N) is 3. The molecule has 3 aromatic carbocycles. The summed E-state index contributed by atoms with van der Waals surface area (Å²) in [7, 11) is 2.85. The maximum Gasteiger partial charge on any atom is 0.425 e. The quantitative estimate of drug-likeness (QED) is 0.111. The molecule has 4 amide bonds. The minimum absolute atomic E-state index is 0.0183. The van der Waals surface area contributed by atoms with Gasteiger partial charge in [-0.3, -0.25) is 10.1 Å². The van der Waals surface area contributed by atoms with Gasteiger partial charge in [0.1, 0.15) is 11.2 Å².